The first kappa shape index (κ1) is 18.5. The first-order chi connectivity index (χ1) is 10.3. The number of carbonyl (C=O) groups is 2. The number of halogens is 1. The van der Waals surface area contributed by atoms with Gasteiger partial charge in [-0.05, 0) is 61.3 Å². The molecule has 0 fully saturated rings. The number of hydrogen-bond donors (Lipinski definition) is 2. The summed E-state index contributed by atoms with van der Waals surface area (Å²) < 4.78 is 6.43. The maximum absolute atomic E-state index is 11.9. The van der Waals surface area contributed by atoms with Gasteiger partial charge in [0.05, 0.1) is 4.47 Å². The second-order valence-corrected chi connectivity index (χ2v) is 6.31. The van der Waals surface area contributed by atoms with Crippen molar-refractivity contribution in [2.75, 3.05) is 6.54 Å². The summed E-state index contributed by atoms with van der Waals surface area (Å²) in [4.78, 5) is 23.4. The van der Waals surface area contributed by atoms with E-state index in [1.54, 1.807) is 6.92 Å². The van der Waals surface area contributed by atoms with Gasteiger partial charge in [0.2, 0.25) is 5.91 Å². The van der Waals surface area contributed by atoms with Crippen LogP contribution in [0.2, 0.25) is 0 Å². The van der Waals surface area contributed by atoms with E-state index in [-0.39, 0.29) is 24.3 Å². The van der Waals surface area contributed by atoms with Crippen molar-refractivity contribution < 1.29 is 14.3 Å². The molecule has 1 aromatic carbocycles. The molecule has 1 aromatic rings. The van der Waals surface area contributed by atoms with E-state index in [4.69, 9.17) is 4.74 Å². The van der Waals surface area contributed by atoms with Gasteiger partial charge in [0.1, 0.15) is 5.75 Å². The average Bonchev–Trinajstić information content (AvgIpc) is 2.40. The lowest BCUT2D eigenvalue weighted by Crippen LogP contribution is -2.39. The van der Waals surface area contributed by atoms with E-state index in [0.29, 0.717) is 12.3 Å². The van der Waals surface area contributed by atoms with Gasteiger partial charge in [-0.15, -0.1) is 0 Å². The molecule has 0 spiro atoms. The van der Waals surface area contributed by atoms with Gasteiger partial charge >= 0.3 is 0 Å². The van der Waals surface area contributed by atoms with Crippen LogP contribution in [-0.4, -0.2) is 30.5 Å². The summed E-state index contributed by atoms with van der Waals surface area (Å²) >= 11 is 3.41. The van der Waals surface area contributed by atoms with Crippen molar-refractivity contribution in [2.45, 2.75) is 46.3 Å². The lowest BCUT2D eigenvalue weighted by atomic mass is 10.2. The third-order valence-corrected chi connectivity index (χ3v) is 3.48. The predicted molar refractivity (Wildman–Crippen MR) is 89.9 cm³/mol. The number of ether oxygens (including phenoxy) is 1. The van der Waals surface area contributed by atoms with Crippen LogP contribution in [0.3, 0.4) is 0 Å². The number of aryl methyl sites for hydroxylation is 1. The molecule has 0 aliphatic rings. The first-order valence-corrected chi connectivity index (χ1v) is 8.08. The van der Waals surface area contributed by atoms with Crippen molar-refractivity contribution >= 4 is 27.7 Å². The Hall–Kier alpha value is -1.56. The van der Waals surface area contributed by atoms with Crippen LogP contribution in [0.5, 0.6) is 5.75 Å². The third-order valence-electron chi connectivity index (χ3n) is 2.86. The Morgan fingerprint density at radius 1 is 1.27 bits per heavy atom. The van der Waals surface area contributed by atoms with Crippen molar-refractivity contribution in [2.24, 2.45) is 0 Å². The molecule has 1 atom stereocenters. The normalized spacial score (nSPS) is 11.9. The van der Waals surface area contributed by atoms with Gasteiger partial charge in [0, 0.05) is 19.0 Å². The number of hydrogen-bond acceptors (Lipinski definition) is 3. The predicted octanol–water partition coefficient (Wildman–Crippen LogP) is 2.56. The van der Waals surface area contributed by atoms with Gasteiger partial charge in [0.25, 0.3) is 5.91 Å². The zero-order valence-electron chi connectivity index (χ0n) is 13.4. The molecular weight excluding hydrogens is 348 g/mol. The molecule has 0 heterocycles. The SMILES string of the molecule is Cc1ccc(OC(C)C(=O)NCCC(=O)NC(C)C)c(Br)c1. The molecule has 0 aliphatic carbocycles. The van der Waals surface area contributed by atoms with Crippen LogP contribution < -0.4 is 15.4 Å². The molecule has 1 unspecified atom stereocenters. The summed E-state index contributed by atoms with van der Waals surface area (Å²) in [6.07, 6.45) is -0.377. The van der Waals surface area contributed by atoms with E-state index >= 15 is 0 Å². The minimum Gasteiger partial charge on any atom is -0.480 e. The Labute approximate surface area is 139 Å². The first-order valence-electron chi connectivity index (χ1n) is 7.29. The third kappa shape index (κ3) is 6.47. The van der Waals surface area contributed by atoms with Crippen LogP contribution >= 0.6 is 15.9 Å². The van der Waals surface area contributed by atoms with Gasteiger partial charge in [-0.3, -0.25) is 9.59 Å². The Balaban J connectivity index is 2.40. The summed E-state index contributed by atoms with van der Waals surface area (Å²) in [7, 11) is 0. The van der Waals surface area contributed by atoms with Crippen LogP contribution in [0.4, 0.5) is 0 Å². The lowest BCUT2D eigenvalue weighted by molar-refractivity contribution is -0.127. The topological polar surface area (TPSA) is 67.4 Å². The summed E-state index contributed by atoms with van der Waals surface area (Å²) in [5.74, 6) is 0.292. The molecule has 122 valence electrons. The Morgan fingerprint density at radius 3 is 2.55 bits per heavy atom. The molecule has 0 bridgehead atoms. The van der Waals surface area contributed by atoms with E-state index < -0.39 is 6.10 Å². The van der Waals surface area contributed by atoms with Crippen molar-refractivity contribution in [3.05, 3.63) is 28.2 Å². The van der Waals surface area contributed by atoms with E-state index in [9.17, 15) is 9.59 Å². The highest BCUT2D eigenvalue weighted by atomic mass is 79.9. The molecule has 6 heteroatoms. The standard InChI is InChI=1S/C16H23BrN2O3/c1-10(2)19-15(20)7-8-18-16(21)12(4)22-14-6-5-11(3)9-13(14)17/h5-6,9-10,12H,7-8H2,1-4H3,(H,18,21)(H,19,20). The van der Waals surface area contributed by atoms with Crippen molar-refractivity contribution in [1.82, 2.24) is 10.6 Å². The molecule has 0 saturated carbocycles. The molecule has 2 amide bonds. The fourth-order valence-corrected chi connectivity index (χ4v) is 2.37. The van der Waals surface area contributed by atoms with E-state index in [1.807, 2.05) is 39.0 Å². The monoisotopic (exact) mass is 370 g/mol. The van der Waals surface area contributed by atoms with Crippen molar-refractivity contribution in [3.63, 3.8) is 0 Å². The van der Waals surface area contributed by atoms with Crippen molar-refractivity contribution in [3.8, 4) is 5.75 Å². The Kier molecular flexibility index (Phi) is 7.38. The fourth-order valence-electron chi connectivity index (χ4n) is 1.78. The highest BCUT2D eigenvalue weighted by Crippen LogP contribution is 2.26. The molecule has 0 aliphatic heterocycles. The minimum absolute atomic E-state index is 0.0786. The van der Waals surface area contributed by atoms with Crippen LogP contribution in [0.15, 0.2) is 22.7 Å². The quantitative estimate of drug-likeness (QED) is 0.774. The number of amides is 2. The summed E-state index contributed by atoms with van der Waals surface area (Å²) in [6.45, 7) is 7.74. The van der Waals surface area contributed by atoms with Gasteiger partial charge < -0.3 is 15.4 Å². The Bertz CT molecular complexity index is 532. The number of carbonyl (C=O) groups excluding carboxylic acids is 2. The summed E-state index contributed by atoms with van der Waals surface area (Å²) in [5.41, 5.74) is 1.10. The molecule has 0 radical (unpaired) electrons. The zero-order valence-corrected chi connectivity index (χ0v) is 15.0. The molecule has 0 saturated heterocycles. The van der Waals surface area contributed by atoms with Crippen LogP contribution in [-0.2, 0) is 9.59 Å². The Morgan fingerprint density at radius 2 is 1.95 bits per heavy atom. The summed E-state index contributed by atoms with van der Waals surface area (Å²) in [5, 5.41) is 5.47. The van der Waals surface area contributed by atoms with Crippen LogP contribution in [0.1, 0.15) is 32.8 Å². The van der Waals surface area contributed by atoms with Gasteiger partial charge in [0.15, 0.2) is 6.10 Å². The van der Waals surface area contributed by atoms with Crippen LogP contribution in [0, 0.1) is 6.92 Å². The molecule has 1 rings (SSSR count). The molecule has 2 N–H and O–H groups in total. The molecule has 5 nitrogen and oxygen atoms in total. The van der Waals surface area contributed by atoms with Gasteiger partial charge in [-0.25, -0.2) is 0 Å². The summed E-state index contributed by atoms with van der Waals surface area (Å²) in [6, 6.07) is 5.76. The largest absolute Gasteiger partial charge is 0.480 e. The highest BCUT2D eigenvalue weighted by molar-refractivity contribution is 9.10. The zero-order chi connectivity index (χ0) is 16.7. The number of nitrogens with one attached hydrogen (secondary N) is 2. The lowest BCUT2D eigenvalue weighted by Gasteiger charge is -2.16. The van der Waals surface area contributed by atoms with Gasteiger partial charge in [-0.2, -0.15) is 0 Å². The van der Waals surface area contributed by atoms with Crippen LogP contribution in [0.25, 0.3) is 0 Å². The number of benzene rings is 1. The smallest absolute Gasteiger partial charge is 0.260 e. The van der Waals surface area contributed by atoms with E-state index in [1.165, 1.54) is 0 Å². The minimum atomic E-state index is -0.632. The molecule has 0 aromatic heterocycles. The average molecular weight is 371 g/mol. The fraction of sp³-hybridized carbons (Fsp3) is 0.500. The van der Waals surface area contributed by atoms with E-state index in [2.05, 4.69) is 26.6 Å². The second kappa shape index (κ2) is 8.78. The maximum atomic E-state index is 11.9. The molecule has 22 heavy (non-hydrogen) atoms. The second-order valence-electron chi connectivity index (χ2n) is 5.46. The maximum Gasteiger partial charge on any atom is 0.260 e. The van der Waals surface area contributed by atoms with Crippen molar-refractivity contribution in [1.29, 1.82) is 0 Å². The van der Waals surface area contributed by atoms with Gasteiger partial charge in [-0.1, -0.05) is 6.07 Å². The highest BCUT2D eigenvalue weighted by Gasteiger charge is 2.16. The number of rotatable bonds is 7. The molecular formula is C16H23BrN2O3. The van der Waals surface area contributed by atoms with E-state index in [0.717, 1.165) is 10.0 Å².